The average molecular weight is 416 g/mol. The Morgan fingerprint density at radius 3 is 2.48 bits per heavy atom. The van der Waals surface area contributed by atoms with E-state index < -0.39 is 22.9 Å². The molecule has 29 heavy (non-hydrogen) atoms. The third-order valence-electron chi connectivity index (χ3n) is 4.36. The highest BCUT2D eigenvalue weighted by Gasteiger charge is 2.24. The molecular weight excluding hydrogens is 392 g/mol. The Balaban J connectivity index is 2.07. The van der Waals surface area contributed by atoms with Crippen molar-refractivity contribution in [1.82, 2.24) is 5.32 Å². The molecule has 2 rings (SSSR count). The van der Waals surface area contributed by atoms with Gasteiger partial charge in [0.15, 0.2) is 6.10 Å². The molecule has 7 nitrogen and oxygen atoms in total. The number of ether oxygens (including phenoxy) is 1. The number of rotatable bonds is 9. The maximum atomic E-state index is 12.5. The zero-order valence-electron chi connectivity index (χ0n) is 16.6. The lowest BCUT2D eigenvalue weighted by Gasteiger charge is -2.21. The van der Waals surface area contributed by atoms with Crippen LogP contribution in [0.15, 0.2) is 53.4 Å². The van der Waals surface area contributed by atoms with Crippen LogP contribution in [0, 0.1) is 10.1 Å². The van der Waals surface area contributed by atoms with Crippen molar-refractivity contribution in [2.45, 2.75) is 43.7 Å². The Labute approximate surface area is 174 Å². The minimum atomic E-state index is -1.04. The number of nitrogens with one attached hydrogen (secondary N) is 1. The number of hydrogen-bond donors (Lipinski definition) is 1. The van der Waals surface area contributed by atoms with E-state index in [9.17, 15) is 19.7 Å². The number of thioether (sulfide) groups is 1. The van der Waals surface area contributed by atoms with Gasteiger partial charge in [-0.3, -0.25) is 14.9 Å². The lowest BCUT2D eigenvalue weighted by atomic mass is 10.0. The summed E-state index contributed by atoms with van der Waals surface area (Å²) in [5, 5.41) is 14.1. The molecule has 0 spiro atoms. The third kappa shape index (κ3) is 6.05. The number of hydrogen-bond acceptors (Lipinski definition) is 6. The summed E-state index contributed by atoms with van der Waals surface area (Å²) in [5.41, 5.74) is 0.836. The van der Waals surface area contributed by atoms with Crippen LogP contribution in [0.1, 0.15) is 48.7 Å². The van der Waals surface area contributed by atoms with Gasteiger partial charge in [-0.25, -0.2) is 4.79 Å². The molecule has 2 aromatic rings. The highest BCUT2D eigenvalue weighted by molar-refractivity contribution is 7.98. The molecule has 0 aliphatic heterocycles. The molecule has 0 heterocycles. The molecule has 0 fully saturated rings. The van der Waals surface area contributed by atoms with E-state index in [1.165, 1.54) is 36.9 Å². The molecule has 8 heteroatoms. The quantitative estimate of drug-likeness (QED) is 0.279. The zero-order chi connectivity index (χ0) is 21.4. The van der Waals surface area contributed by atoms with Gasteiger partial charge in [0.1, 0.15) is 0 Å². The molecule has 0 unspecified atom stereocenters. The fraction of sp³-hybridized carbons (Fsp3) is 0.333. The Bertz CT molecular complexity index is 873. The van der Waals surface area contributed by atoms with Gasteiger partial charge in [-0.15, -0.1) is 11.8 Å². The standard InChI is InChI=1S/C21H24N2O5S/c1-4-8-17(15-9-6-5-7-10-15)22-20(24)14(2)28-21(25)16-11-12-19(29-3)18(13-16)23(26)27/h5-7,9-14,17H,4,8H2,1-3H3,(H,22,24)/t14-,17-/m1/s1. The van der Waals surface area contributed by atoms with E-state index in [2.05, 4.69) is 5.32 Å². The fourth-order valence-corrected chi connectivity index (χ4v) is 3.37. The van der Waals surface area contributed by atoms with E-state index in [1.807, 2.05) is 37.3 Å². The molecular formula is C21H24N2O5S. The van der Waals surface area contributed by atoms with Crippen molar-refractivity contribution in [1.29, 1.82) is 0 Å². The molecule has 2 atom stereocenters. The van der Waals surface area contributed by atoms with Crippen LogP contribution in [-0.4, -0.2) is 29.2 Å². The molecule has 0 radical (unpaired) electrons. The van der Waals surface area contributed by atoms with Gasteiger partial charge in [0.2, 0.25) is 0 Å². The normalized spacial score (nSPS) is 12.7. The SMILES string of the molecule is CCC[C@@H](NC(=O)[C@@H](C)OC(=O)c1ccc(SC)c([N+](=O)[O-])c1)c1ccccc1. The van der Waals surface area contributed by atoms with Crippen molar-refractivity contribution >= 4 is 29.3 Å². The number of nitro groups is 1. The van der Waals surface area contributed by atoms with Gasteiger partial charge in [-0.2, -0.15) is 0 Å². The van der Waals surface area contributed by atoms with Gasteiger partial charge in [-0.05, 0) is 37.3 Å². The number of carbonyl (C=O) groups is 2. The van der Waals surface area contributed by atoms with Crippen LogP contribution in [0.25, 0.3) is 0 Å². The number of amides is 1. The highest BCUT2D eigenvalue weighted by Crippen LogP contribution is 2.28. The molecule has 0 aliphatic rings. The minimum absolute atomic E-state index is 0.0299. The maximum Gasteiger partial charge on any atom is 0.339 e. The van der Waals surface area contributed by atoms with Gasteiger partial charge in [0, 0.05) is 6.07 Å². The van der Waals surface area contributed by atoms with E-state index in [0.717, 1.165) is 18.4 Å². The topological polar surface area (TPSA) is 98.5 Å². The number of carbonyl (C=O) groups excluding carboxylic acids is 2. The van der Waals surface area contributed by atoms with E-state index in [1.54, 1.807) is 6.26 Å². The average Bonchev–Trinajstić information content (AvgIpc) is 2.73. The predicted molar refractivity (Wildman–Crippen MR) is 112 cm³/mol. The number of benzene rings is 2. The summed E-state index contributed by atoms with van der Waals surface area (Å²) in [7, 11) is 0. The first-order valence-electron chi connectivity index (χ1n) is 9.26. The Kier molecular flexibility index (Phi) is 8.21. The lowest BCUT2D eigenvalue weighted by molar-refractivity contribution is -0.387. The van der Waals surface area contributed by atoms with Crippen molar-refractivity contribution in [3.63, 3.8) is 0 Å². The number of nitro benzene ring substituents is 1. The second-order valence-corrected chi connectivity index (χ2v) is 7.30. The van der Waals surface area contributed by atoms with Crippen LogP contribution in [0.5, 0.6) is 0 Å². The monoisotopic (exact) mass is 416 g/mol. The van der Waals surface area contributed by atoms with Crippen LogP contribution in [0.2, 0.25) is 0 Å². The molecule has 0 saturated carbocycles. The van der Waals surface area contributed by atoms with Crippen LogP contribution in [0.3, 0.4) is 0 Å². The van der Waals surface area contributed by atoms with Gasteiger partial charge < -0.3 is 10.1 Å². The van der Waals surface area contributed by atoms with Crippen LogP contribution < -0.4 is 5.32 Å². The summed E-state index contributed by atoms with van der Waals surface area (Å²) in [6.45, 7) is 3.50. The fourth-order valence-electron chi connectivity index (χ4n) is 2.83. The highest BCUT2D eigenvalue weighted by atomic mass is 32.2. The van der Waals surface area contributed by atoms with Gasteiger partial charge in [0.05, 0.1) is 21.4 Å². The number of nitrogens with zero attached hydrogens (tertiary/aromatic N) is 1. The van der Waals surface area contributed by atoms with Gasteiger partial charge in [-0.1, -0.05) is 43.7 Å². The van der Waals surface area contributed by atoms with Crippen LogP contribution >= 0.6 is 11.8 Å². The second kappa shape index (κ2) is 10.6. The van der Waals surface area contributed by atoms with Crippen molar-refractivity contribution in [3.05, 3.63) is 69.8 Å². The first-order valence-corrected chi connectivity index (χ1v) is 10.5. The summed E-state index contributed by atoms with van der Waals surface area (Å²) in [6, 6.07) is 13.5. The van der Waals surface area contributed by atoms with Crippen molar-refractivity contribution < 1.29 is 19.2 Å². The first-order chi connectivity index (χ1) is 13.9. The van der Waals surface area contributed by atoms with Crippen LogP contribution in [0.4, 0.5) is 5.69 Å². The molecule has 154 valence electrons. The lowest BCUT2D eigenvalue weighted by Crippen LogP contribution is -2.38. The van der Waals surface area contributed by atoms with Crippen molar-refractivity contribution in [2.75, 3.05) is 6.26 Å². The summed E-state index contributed by atoms with van der Waals surface area (Å²) >= 11 is 1.21. The minimum Gasteiger partial charge on any atom is -0.449 e. The molecule has 0 bridgehead atoms. The van der Waals surface area contributed by atoms with E-state index in [4.69, 9.17) is 4.74 Å². The first kappa shape index (κ1) is 22.4. The zero-order valence-corrected chi connectivity index (χ0v) is 17.4. The summed E-state index contributed by atoms with van der Waals surface area (Å²) < 4.78 is 5.24. The van der Waals surface area contributed by atoms with E-state index >= 15 is 0 Å². The molecule has 0 saturated heterocycles. The van der Waals surface area contributed by atoms with E-state index in [0.29, 0.717) is 4.90 Å². The van der Waals surface area contributed by atoms with Gasteiger partial charge >= 0.3 is 5.97 Å². The Morgan fingerprint density at radius 1 is 1.21 bits per heavy atom. The Morgan fingerprint density at radius 2 is 1.90 bits per heavy atom. The van der Waals surface area contributed by atoms with Crippen molar-refractivity contribution in [2.24, 2.45) is 0 Å². The smallest absolute Gasteiger partial charge is 0.339 e. The van der Waals surface area contributed by atoms with Gasteiger partial charge in [0.25, 0.3) is 11.6 Å². The molecule has 2 aromatic carbocycles. The molecule has 0 aliphatic carbocycles. The Hall–Kier alpha value is -2.87. The maximum absolute atomic E-state index is 12.5. The van der Waals surface area contributed by atoms with Crippen molar-refractivity contribution in [3.8, 4) is 0 Å². The molecule has 1 N–H and O–H groups in total. The summed E-state index contributed by atoms with van der Waals surface area (Å²) in [6.07, 6.45) is 2.30. The third-order valence-corrected chi connectivity index (χ3v) is 5.15. The largest absolute Gasteiger partial charge is 0.449 e. The molecule has 0 aromatic heterocycles. The van der Waals surface area contributed by atoms with E-state index in [-0.39, 0.29) is 17.3 Å². The molecule has 1 amide bonds. The predicted octanol–water partition coefficient (Wildman–Crippen LogP) is 4.52. The summed E-state index contributed by atoms with van der Waals surface area (Å²) in [4.78, 5) is 36.0. The number of esters is 1. The summed E-state index contributed by atoms with van der Waals surface area (Å²) in [5.74, 6) is -1.20. The second-order valence-electron chi connectivity index (χ2n) is 6.45. The van der Waals surface area contributed by atoms with Crippen LogP contribution in [-0.2, 0) is 9.53 Å².